The Morgan fingerprint density at radius 2 is 1.02 bits per heavy atom. The van der Waals surface area contributed by atoms with Crippen LogP contribution in [0.5, 0.6) is 0 Å². The number of rotatable bonds is 3. The van der Waals surface area contributed by atoms with Crippen molar-refractivity contribution in [2.45, 2.75) is 19.3 Å². The number of fused-ring (bicyclic) bond motifs is 15. The molecule has 13 rings (SSSR count). The first-order chi connectivity index (χ1) is 29.6. The molecule has 2 aliphatic rings. The first-order valence-electron chi connectivity index (χ1n) is 20.8. The van der Waals surface area contributed by atoms with Gasteiger partial charge in [-0.05, 0) is 139 Å². The summed E-state index contributed by atoms with van der Waals surface area (Å²) in [5.41, 5.74) is 20.0. The molecule has 0 bridgehead atoms. The SMILES string of the molecule is Cc1cc(C)cc(-n2c3ccccc3c3cc4c(cc32)C2(c3ccccc3-4)c3cc(-c4c5ccccc5c(-c5ccccc5)c5ccccc45)ccc3-c3nnccc32)c1. The normalized spacial score (nSPS) is 14.9. The molecule has 2 heterocycles. The van der Waals surface area contributed by atoms with Crippen LogP contribution in [-0.4, -0.2) is 14.8 Å². The zero-order valence-corrected chi connectivity index (χ0v) is 33.2. The lowest BCUT2D eigenvalue weighted by atomic mass is 9.70. The molecule has 1 unspecified atom stereocenters. The van der Waals surface area contributed by atoms with Crippen molar-refractivity contribution in [3.63, 3.8) is 0 Å². The number of benzene rings is 9. The van der Waals surface area contributed by atoms with Gasteiger partial charge in [-0.15, -0.1) is 0 Å². The van der Waals surface area contributed by atoms with Crippen LogP contribution in [0.25, 0.3) is 93.7 Å². The van der Waals surface area contributed by atoms with Crippen molar-refractivity contribution in [1.29, 1.82) is 0 Å². The molecule has 11 aromatic rings. The van der Waals surface area contributed by atoms with Crippen molar-refractivity contribution in [1.82, 2.24) is 14.8 Å². The lowest BCUT2D eigenvalue weighted by Gasteiger charge is -2.30. The summed E-state index contributed by atoms with van der Waals surface area (Å²) < 4.78 is 2.48. The van der Waals surface area contributed by atoms with E-state index in [9.17, 15) is 0 Å². The van der Waals surface area contributed by atoms with E-state index in [1.807, 2.05) is 6.20 Å². The van der Waals surface area contributed by atoms with E-state index in [2.05, 4.69) is 206 Å². The van der Waals surface area contributed by atoms with Gasteiger partial charge < -0.3 is 4.57 Å². The van der Waals surface area contributed by atoms with Crippen LogP contribution >= 0.6 is 0 Å². The number of para-hydroxylation sites is 1. The molecule has 0 saturated heterocycles. The molecule has 0 saturated carbocycles. The van der Waals surface area contributed by atoms with Crippen molar-refractivity contribution in [2.75, 3.05) is 0 Å². The second-order valence-electron chi connectivity index (χ2n) is 16.7. The third kappa shape index (κ3) is 4.33. The monoisotopic (exact) mass is 763 g/mol. The Labute approximate surface area is 347 Å². The van der Waals surface area contributed by atoms with Crippen LogP contribution in [0.2, 0.25) is 0 Å². The van der Waals surface area contributed by atoms with Crippen LogP contribution in [0.1, 0.15) is 33.4 Å². The number of aromatic nitrogens is 3. The summed E-state index contributed by atoms with van der Waals surface area (Å²) in [6, 6.07) is 67.9. The zero-order chi connectivity index (χ0) is 39.7. The summed E-state index contributed by atoms with van der Waals surface area (Å²) in [7, 11) is 0. The van der Waals surface area contributed by atoms with Crippen molar-refractivity contribution in [3.05, 3.63) is 222 Å². The number of aryl methyl sites for hydroxylation is 2. The van der Waals surface area contributed by atoms with Gasteiger partial charge in [0.1, 0.15) is 0 Å². The van der Waals surface area contributed by atoms with E-state index in [-0.39, 0.29) is 0 Å². The quantitative estimate of drug-likeness (QED) is 0.168. The van der Waals surface area contributed by atoms with E-state index < -0.39 is 5.41 Å². The molecule has 60 heavy (non-hydrogen) atoms. The Hall–Kier alpha value is -7.62. The van der Waals surface area contributed by atoms with E-state index in [1.54, 1.807) is 0 Å². The molecule has 0 radical (unpaired) electrons. The molecule has 0 aliphatic heterocycles. The van der Waals surface area contributed by atoms with Crippen molar-refractivity contribution in [2.24, 2.45) is 0 Å². The fourth-order valence-corrected chi connectivity index (χ4v) is 11.2. The number of hydrogen-bond donors (Lipinski definition) is 0. The van der Waals surface area contributed by atoms with Gasteiger partial charge in [0.2, 0.25) is 0 Å². The number of hydrogen-bond acceptors (Lipinski definition) is 2. The average Bonchev–Trinajstić information content (AvgIpc) is 3.88. The van der Waals surface area contributed by atoms with Crippen molar-refractivity contribution >= 4 is 43.4 Å². The maximum atomic E-state index is 4.94. The fraction of sp³-hybridized carbons (Fsp3) is 0.0526. The lowest BCUT2D eigenvalue weighted by molar-refractivity contribution is 0.787. The molecular weight excluding hydrogens is 727 g/mol. The molecule has 0 fully saturated rings. The third-order valence-corrected chi connectivity index (χ3v) is 13.4. The molecule has 2 aliphatic carbocycles. The molecule has 9 aromatic carbocycles. The smallest absolute Gasteiger partial charge is 0.0980 e. The van der Waals surface area contributed by atoms with Gasteiger partial charge in [0.25, 0.3) is 0 Å². The molecule has 3 heteroatoms. The fourth-order valence-electron chi connectivity index (χ4n) is 11.2. The minimum Gasteiger partial charge on any atom is -0.309 e. The Bertz CT molecular complexity index is 3550. The van der Waals surface area contributed by atoms with Crippen LogP contribution in [0.3, 0.4) is 0 Å². The van der Waals surface area contributed by atoms with Gasteiger partial charge in [-0.3, -0.25) is 0 Å². The van der Waals surface area contributed by atoms with Gasteiger partial charge in [-0.1, -0.05) is 140 Å². The zero-order valence-electron chi connectivity index (χ0n) is 33.2. The highest BCUT2D eigenvalue weighted by molar-refractivity contribution is 6.21. The summed E-state index contributed by atoms with van der Waals surface area (Å²) >= 11 is 0. The molecule has 1 atom stereocenters. The molecular formula is C57H37N3. The predicted molar refractivity (Wildman–Crippen MR) is 248 cm³/mol. The maximum Gasteiger partial charge on any atom is 0.0980 e. The largest absolute Gasteiger partial charge is 0.309 e. The van der Waals surface area contributed by atoms with Gasteiger partial charge in [0, 0.05) is 33.8 Å². The lowest BCUT2D eigenvalue weighted by Crippen LogP contribution is -2.26. The molecule has 0 N–H and O–H groups in total. The van der Waals surface area contributed by atoms with Crippen LogP contribution < -0.4 is 0 Å². The van der Waals surface area contributed by atoms with E-state index in [4.69, 9.17) is 5.10 Å². The molecule has 2 aromatic heterocycles. The number of nitrogens with zero attached hydrogens (tertiary/aromatic N) is 3. The van der Waals surface area contributed by atoms with Gasteiger partial charge in [0.15, 0.2) is 0 Å². The summed E-state index contributed by atoms with van der Waals surface area (Å²) in [4.78, 5) is 0. The van der Waals surface area contributed by atoms with Crippen LogP contribution in [-0.2, 0) is 5.41 Å². The molecule has 3 nitrogen and oxygen atoms in total. The Balaban J connectivity index is 1.15. The van der Waals surface area contributed by atoms with E-state index >= 15 is 0 Å². The highest BCUT2D eigenvalue weighted by Crippen LogP contribution is 2.63. The topological polar surface area (TPSA) is 30.7 Å². The highest BCUT2D eigenvalue weighted by atomic mass is 15.1. The first-order valence-corrected chi connectivity index (χ1v) is 20.8. The van der Waals surface area contributed by atoms with Gasteiger partial charge in [-0.2, -0.15) is 10.2 Å². The summed E-state index contributed by atoms with van der Waals surface area (Å²) in [5, 5.41) is 17.0. The van der Waals surface area contributed by atoms with E-state index in [0.717, 1.165) is 11.3 Å². The Kier molecular flexibility index (Phi) is 6.78. The van der Waals surface area contributed by atoms with Gasteiger partial charge >= 0.3 is 0 Å². The second-order valence-corrected chi connectivity index (χ2v) is 16.7. The van der Waals surface area contributed by atoms with Gasteiger partial charge in [-0.25, -0.2) is 0 Å². The first kappa shape index (κ1) is 33.4. The Morgan fingerprint density at radius 1 is 0.400 bits per heavy atom. The van der Waals surface area contributed by atoms with E-state index in [0.29, 0.717) is 0 Å². The minimum absolute atomic E-state index is 0.615. The van der Waals surface area contributed by atoms with Crippen LogP contribution in [0.15, 0.2) is 188 Å². The minimum atomic E-state index is -0.615. The summed E-state index contributed by atoms with van der Waals surface area (Å²) in [5.74, 6) is 0. The standard InChI is InChI=1S/C57H37N3/c1-34-28-35(2)30-38(29-34)60-52-23-13-11-17-40(52)47-32-46-39-16-10-12-22-48(39)57(51(46)33-53(47)60)49-26-27-58-59-56(49)45-25-24-37(31-50(45)57)55-43-20-8-6-18-41(43)54(36-14-4-3-5-15-36)42-19-7-9-21-44(42)55/h3-33H,1-2H3. The third-order valence-electron chi connectivity index (χ3n) is 13.4. The van der Waals surface area contributed by atoms with Gasteiger partial charge in [0.05, 0.1) is 22.1 Å². The molecule has 0 amide bonds. The second kappa shape index (κ2) is 12.2. The summed E-state index contributed by atoms with van der Waals surface area (Å²) in [6.07, 6.45) is 1.88. The van der Waals surface area contributed by atoms with E-state index in [1.165, 1.54) is 116 Å². The molecule has 280 valence electrons. The Morgan fingerprint density at radius 3 is 1.75 bits per heavy atom. The predicted octanol–water partition coefficient (Wildman–Crippen LogP) is 14.2. The summed E-state index contributed by atoms with van der Waals surface area (Å²) in [6.45, 7) is 4.39. The highest BCUT2D eigenvalue weighted by Gasteiger charge is 2.53. The maximum absolute atomic E-state index is 4.94. The van der Waals surface area contributed by atoms with Crippen LogP contribution in [0.4, 0.5) is 0 Å². The average molecular weight is 764 g/mol. The van der Waals surface area contributed by atoms with Crippen molar-refractivity contribution in [3.8, 4) is 50.3 Å². The van der Waals surface area contributed by atoms with Crippen LogP contribution in [0, 0.1) is 13.8 Å². The molecule has 1 spiro atoms. The van der Waals surface area contributed by atoms with Crippen molar-refractivity contribution < 1.29 is 0 Å².